The van der Waals surface area contributed by atoms with E-state index in [9.17, 15) is 14.4 Å². The summed E-state index contributed by atoms with van der Waals surface area (Å²) in [5.41, 5.74) is -1.01. The van der Waals surface area contributed by atoms with Gasteiger partial charge in [0, 0.05) is 18.1 Å². The summed E-state index contributed by atoms with van der Waals surface area (Å²) in [5, 5.41) is 6.44. The van der Waals surface area contributed by atoms with Gasteiger partial charge in [0.25, 0.3) is 0 Å². The summed E-state index contributed by atoms with van der Waals surface area (Å²) in [6, 6.07) is -0.224. The molecule has 7 nitrogen and oxygen atoms in total. The molecule has 5 fully saturated rings. The Morgan fingerprint density at radius 2 is 1.44 bits per heavy atom. The van der Waals surface area contributed by atoms with Crippen molar-refractivity contribution >= 4 is 17.7 Å². The van der Waals surface area contributed by atoms with E-state index < -0.39 is 29.6 Å². The molecule has 0 radical (unpaired) electrons. The fourth-order valence-electron chi connectivity index (χ4n) is 7.50. The van der Waals surface area contributed by atoms with E-state index in [0.717, 1.165) is 77.0 Å². The van der Waals surface area contributed by atoms with E-state index in [1.807, 2.05) is 17.1 Å². The predicted octanol–water partition coefficient (Wildman–Crippen LogP) is 2.20. The zero-order valence-corrected chi connectivity index (χ0v) is 18.8. The number of hydrogen-bond donors (Lipinski definition) is 2. The Kier molecular flexibility index (Phi) is 5.08. The lowest BCUT2D eigenvalue weighted by Crippen LogP contribution is -2.57. The van der Waals surface area contributed by atoms with Gasteiger partial charge in [-0.2, -0.15) is 0 Å². The van der Waals surface area contributed by atoms with Crippen molar-refractivity contribution in [3.05, 3.63) is 12.2 Å². The van der Waals surface area contributed by atoms with E-state index in [0.29, 0.717) is 0 Å². The molecule has 174 valence electrons. The Hall–Kier alpha value is -1.89. The number of amides is 3. The van der Waals surface area contributed by atoms with Gasteiger partial charge in [0.1, 0.15) is 11.6 Å². The van der Waals surface area contributed by atoms with Crippen LogP contribution in [0.15, 0.2) is 12.2 Å². The third kappa shape index (κ3) is 3.06. The highest BCUT2D eigenvalue weighted by Gasteiger charge is 2.73. The van der Waals surface area contributed by atoms with E-state index in [2.05, 4.69) is 10.6 Å². The van der Waals surface area contributed by atoms with Gasteiger partial charge in [-0.3, -0.25) is 14.4 Å². The van der Waals surface area contributed by atoms with Crippen LogP contribution in [0.5, 0.6) is 0 Å². The topological polar surface area (TPSA) is 87.7 Å². The highest BCUT2D eigenvalue weighted by molar-refractivity contribution is 6.00. The lowest BCUT2D eigenvalue weighted by molar-refractivity contribution is -0.144. The molecule has 2 bridgehead atoms. The number of ether oxygens (including phenoxy) is 1. The van der Waals surface area contributed by atoms with Crippen LogP contribution in [0.25, 0.3) is 0 Å². The normalized spacial score (nSPS) is 39.4. The summed E-state index contributed by atoms with van der Waals surface area (Å²) in [6.07, 6.45) is 16.0. The van der Waals surface area contributed by atoms with Crippen molar-refractivity contribution in [3.63, 3.8) is 0 Å². The van der Waals surface area contributed by atoms with Crippen molar-refractivity contribution in [2.24, 2.45) is 11.8 Å². The van der Waals surface area contributed by atoms with Crippen LogP contribution < -0.4 is 10.6 Å². The van der Waals surface area contributed by atoms with Crippen LogP contribution in [0.1, 0.15) is 77.0 Å². The molecule has 3 amide bonds. The number of carbonyl (C=O) groups excluding carboxylic acids is 3. The summed E-state index contributed by atoms with van der Waals surface area (Å²) >= 11 is 0. The van der Waals surface area contributed by atoms with E-state index >= 15 is 0 Å². The number of nitrogens with one attached hydrogen (secondary N) is 2. The van der Waals surface area contributed by atoms with Crippen molar-refractivity contribution < 1.29 is 19.1 Å². The Labute approximate surface area is 189 Å². The van der Waals surface area contributed by atoms with Crippen LogP contribution in [-0.2, 0) is 19.1 Å². The molecule has 7 heteroatoms. The minimum atomic E-state index is -1.01. The van der Waals surface area contributed by atoms with Gasteiger partial charge < -0.3 is 20.3 Å². The second-order valence-corrected chi connectivity index (χ2v) is 10.9. The maximum Gasteiger partial charge on any atom is 0.246 e. The Bertz CT molecular complexity index is 825. The lowest BCUT2D eigenvalue weighted by atomic mass is 9.74. The molecule has 3 aliphatic carbocycles. The molecule has 0 unspecified atom stereocenters. The molecule has 2 N–H and O–H groups in total. The van der Waals surface area contributed by atoms with Gasteiger partial charge in [0.05, 0.1) is 17.9 Å². The molecule has 3 heterocycles. The first-order chi connectivity index (χ1) is 15.6. The van der Waals surface area contributed by atoms with Gasteiger partial charge in [0.2, 0.25) is 17.7 Å². The fourth-order valence-corrected chi connectivity index (χ4v) is 7.50. The van der Waals surface area contributed by atoms with Gasteiger partial charge in [-0.15, -0.1) is 0 Å². The molecule has 0 aromatic carbocycles. The third-order valence-corrected chi connectivity index (χ3v) is 8.98. The minimum Gasteiger partial charge on any atom is -0.359 e. The average molecular weight is 442 g/mol. The van der Waals surface area contributed by atoms with Crippen LogP contribution in [0.2, 0.25) is 0 Å². The summed E-state index contributed by atoms with van der Waals surface area (Å²) in [4.78, 5) is 42.8. The largest absolute Gasteiger partial charge is 0.359 e. The number of rotatable bonds is 5. The average Bonchev–Trinajstić information content (AvgIpc) is 3.58. The Morgan fingerprint density at radius 1 is 0.875 bits per heavy atom. The zero-order chi connectivity index (χ0) is 21.9. The summed E-state index contributed by atoms with van der Waals surface area (Å²) in [7, 11) is 0. The SMILES string of the molecule is O=C(NC1CCCC1)[C@H]1[C@@H]2C=C[C@]3(O2)[C@@H]1C(=O)N(C1CCCC1)[C@@H]3C(=O)NC1CCCC1. The molecular weight excluding hydrogens is 406 g/mol. The minimum absolute atomic E-state index is 0.0538. The molecular formula is C25H35N3O4. The van der Waals surface area contributed by atoms with Gasteiger partial charge in [-0.25, -0.2) is 0 Å². The van der Waals surface area contributed by atoms with Crippen molar-refractivity contribution in [2.45, 2.75) is 113 Å². The molecule has 32 heavy (non-hydrogen) atoms. The highest BCUT2D eigenvalue weighted by Crippen LogP contribution is 2.56. The highest BCUT2D eigenvalue weighted by atomic mass is 16.5. The number of nitrogens with zero attached hydrogens (tertiary/aromatic N) is 1. The number of likely N-dealkylation sites (tertiary alicyclic amines) is 1. The first-order valence-corrected chi connectivity index (χ1v) is 12.9. The van der Waals surface area contributed by atoms with Gasteiger partial charge >= 0.3 is 0 Å². The third-order valence-electron chi connectivity index (χ3n) is 8.98. The van der Waals surface area contributed by atoms with Gasteiger partial charge in [-0.1, -0.05) is 50.7 Å². The molecule has 0 aromatic heterocycles. The molecule has 3 aliphatic heterocycles. The first kappa shape index (κ1) is 20.7. The molecule has 6 aliphatic rings. The smallest absolute Gasteiger partial charge is 0.246 e. The number of carbonyl (C=O) groups is 3. The maximum atomic E-state index is 13.9. The van der Waals surface area contributed by atoms with Gasteiger partial charge in [0.15, 0.2) is 0 Å². The molecule has 3 saturated carbocycles. The van der Waals surface area contributed by atoms with Crippen molar-refractivity contribution in [2.75, 3.05) is 0 Å². The maximum absolute atomic E-state index is 13.9. The lowest BCUT2D eigenvalue weighted by Gasteiger charge is -2.36. The van der Waals surface area contributed by atoms with Crippen LogP contribution in [0, 0.1) is 11.8 Å². The first-order valence-electron chi connectivity index (χ1n) is 12.9. The molecule has 5 atom stereocenters. The molecule has 2 saturated heterocycles. The summed E-state index contributed by atoms with van der Waals surface area (Å²) < 4.78 is 6.45. The number of hydrogen-bond acceptors (Lipinski definition) is 4. The van der Waals surface area contributed by atoms with E-state index in [4.69, 9.17) is 4.74 Å². The van der Waals surface area contributed by atoms with Crippen LogP contribution in [0.4, 0.5) is 0 Å². The predicted molar refractivity (Wildman–Crippen MR) is 117 cm³/mol. The number of fused-ring (bicyclic) bond motifs is 1. The van der Waals surface area contributed by atoms with E-state index in [1.54, 1.807) is 0 Å². The van der Waals surface area contributed by atoms with Crippen LogP contribution >= 0.6 is 0 Å². The summed E-state index contributed by atoms with van der Waals surface area (Å²) in [5.74, 6) is -1.36. The quantitative estimate of drug-likeness (QED) is 0.641. The van der Waals surface area contributed by atoms with Crippen molar-refractivity contribution in [3.8, 4) is 0 Å². The molecule has 1 spiro atoms. The van der Waals surface area contributed by atoms with Crippen LogP contribution in [0.3, 0.4) is 0 Å². The Balaban J connectivity index is 1.31. The van der Waals surface area contributed by atoms with Crippen molar-refractivity contribution in [1.82, 2.24) is 15.5 Å². The summed E-state index contributed by atoms with van der Waals surface area (Å²) in [6.45, 7) is 0. The Morgan fingerprint density at radius 3 is 2.06 bits per heavy atom. The van der Waals surface area contributed by atoms with Crippen molar-refractivity contribution in [1.29, 1.82) is 0 Å². The zero-order valence-electron chi connectivity index (χ0n) is 18.8. The molecule has 0 aromatic rings. The fraction of sp³-hybridized carbons (Fsp3) is 0.800. The van der Waals surface area contributed by atoms with E-state index in [-0.39, 0.29) is 35.8 Å². The van der Waals surface area contributed by atoms with Gasteiger partial charge in [-0.05, 0) is 38.5 Å². The standard InChI is InChI=1S/C25H35N3O4/c29-22(26-15-7-1-2-8-15)19-18-13-14-25(32-18)20(19)24(31)28(17-11-5-6-12-17)21(25)23(30)27-16-9-3-4-10-16/h13-21H,1-12H2,(H,26,29)(H,27,30)/t18-,19-,20-,21+,25-/m0/s1. The monoisotopic (exact) mass is 441 g/mol. The molecule has 6 rings (SSSR count). The van der Waals surface area contributed by atoms with E-state index in [1.165, 1.54) is 0 Å². The second kappa shape index (κ2) is 7.86. The second-order valence-electron chi connectivity index (χ2n) is 10.9. The van der Waals surface area contributed by atoms with Crippen LogP contribution in [-0.4, -0.2) is 58.5 Å².